The van der Waals surface area contributed by atoms with Crippen LogP contribution >= 0.6 is 0 Å². The fraction of sp³-hybridized carbons (Fsp3) is 0.200. The Morgan fingerprint density at radius 1 is 0.778 bits per heavy atom. The number of aryl methyl sites for hydroxylation is 1. The van der Waals surface area contributed by atoms with E-state index in [0.29, 0.717) is 6.67 Å². The Hall–Kier alpha value is -2.16. The van der Waals surface area contributed by atoms with E-state index in [0.717, 1.165) is 17.1 Å². The van der Waals surface area contributed by atoms with Crippen LogP contribution in [-0.4, -0.2) is 13.7 Å². The van der Waals surface area contributed by atoms with Crippen molar-refractivity contribution < 1.29 is 0 Å². The molecule has 0 fully saturated rings. The van der Waals surface area contributed by atoms with E-state index in [1.54, 1.807) is 0 Å². The summed E-state index contributed by atoms with van der Waals surface area (Å²) in [6.07, 6.45) is 0. The lowest BCUT2D eigenvalue weighted by atomic mass is 10.2. The molecule has 2 rings (SSSR count). The highest BCUT2D eigenvalue weighted by molar-refractivity contribution is 5.68. The van der Waals surface area contributed by atoms with Crippen LogP contribution in [0.5, 0.6) is 0 Å². The first kappa shape index (κ1) is 12.3. The van der Waals surface area contributed by atoms with Crippen LogP contribution in [0.2, 0.25) is 0 Å². The average molecular weight is 241 g/mol. The average Bonchev–Trinajstić information content (AvgIpc) is 2.41. The van der Waals surface area contributed by atoms with Crippen LogP contribution < -0.4 is 16.0 Å². The molecule has 3 N–H and O–H groups in total. The number of anilines is 3. The van der Waals surface area contributed by atoms with Gasteiger partial charge in [-0.2, -0.15) is 0 Å². The number of hydrogen-bond donors (Lipinski definition) is 3. The molecule has 2 aromatic rings. The van der Waals surface area contributed by atoms with Gasteiger partial charge in [-0.3, -0.25) is 0 Å². The summed E-state index contributed by atoms with van der Waals surface area (Å²) in [6, 6.07) is 16.4. The SMILES string of the molecule is CNc1ccccc1NCNc1ccccc1C. The monoisotopic (exact) mass is 241 g/mol. The number of hydrogen-bond acceptors (Lipinski definition) is 3. The largest absolute Gasteiger partial charge is 0.386 e. The van der Waals surface area contributed by atoms with Crippen molar-refractivity contribution in [3.05, 3.63) is 54.1 Å². The van der Waals surface area contributed by atoms with Gasteiger partial charge in [-0.1, -0.05) is 30.3 Å². The smallest absolute Gasteiger partial charge is 0.0850 e. The summed E-state index contributed by atoms with van der Waals surface area (Å²) >= 11 is 0. The van der Waals surface area contributed by atoms with Crippen LogP contribution in [-0.2, 0) is 0 Å². The van der Waals surface area contributed by atoms with Gasteiger partial charge >= 0.3 is 0 Å². The summed E-state index contributed by atoms with van der Waals surface area (Å²) in [4.78, 5) is 0. The molecule has 0 radical (unpaired) electrons. The second-order valence-corrected chi connectivity index (χ2v) is 4.14. The number of rotatable bonds is 5. The molecule has 94 valence electrons. The van der Waals surface area contributed by atoms with Gasteiger partial charge in [0.1, 0.15) is 0 Å². The fourth-order valence-electron chi connectivity index (χ4n) is 1.86. The minimum absolute atomic E-state index is 0.698. The van der Waals surface area contributed by atoms with E-state index < -0.39 is 0 Å². The summed E-state index contributed by atoms with van der Waals surface area (Å²) in [5, 5.41) is 9.91. The van der Waals surface area contributed by atoms with Gasteiger partial charge in [-0.25, -0.2) is 0 Å². The highest BCUT2D eigenvalue weighted by Crippen LogP contribution is 2.20. The second kappa shape index (κ2) is 5.96. The van der Waals surface area contributed by atoms with Crippen molar-refractivity contribution in [2.75, 3.05) is 29.7 Å². The topological polar surface area (TPSA) is 36.1 Å². The molecule has 3 heteroatoms. The standard InChI is InChI=1S/C15H19N3/c1-12-7-3-4-8-13(12)17-11-18-15-10-6-5-9-14(15)16-2/h3-10,16-18H,11H2,1-2H3. The van der Waals surface area contributed by atoms with E-state index in [1.807, 2.05) is 31.3 Å². The molecule has 3 nitrogen and oxygen atoms in total. The highest BCUT2D eigenvalue weighted by atomic mass is 15.1. The van der Waals surface area contributed by atoms with Crippen molar-refractivity contribution in [3.8, 4) is 0 Å². The maximum Gasteiger partial charge on any atom is 0.0850 e. The van der Waals surface area contributed by atoms with E-state index in [2.05, 4.69) is 47.1 Å². The van der Waals surface area contributed by atoms with Gasteiger partial charge < -0.3 is 16.0 Å². The molecule has 0 aliphatic carbocycles. The molecule has 0 saturated heterocycles. The predicted molar refractivity (Wildman–Crippen MR) is 79.3 cm³/mol. The molecule has 2 aromatic carbocycles. The maximum absolute atomic E-state index is 3.37. The zero-order valence-corrected chi connectivity index (χ0v) is 10.8. The van der Waals surface area contributed by atoms with Crippen molar-refractivity contribution in [3.63, 3.8) is 0 Å². The van der Waals surface area contributed by atoms with Gasteiger partial charge in [0.25, 0.3) is 0 Å². The molecule has 0 heterocycles. The molecule has 0 saturated carbocycles. The number of nitrogens with one attached hydrogen (secondary N) is 3. The van der Waals surface area contributed by atoms with Gasteiger partial charge in [0.2, 0.25) is 0 Å². The Labute approximate surface area is 108 Å². The van der Waals surface area contributed by atoms with Crippen molar-refractivity contribution in [1.29, 1.82) is 0 Å². The first-order chi connectivity index (χ1) is 8.81. The quantitative estimate of drug-likeness (QED) is 0.701. The summed E-state index contributed by atoms with van der Waals surface area (Å²) in [5.74, 6) is 0. The normalized spacial score (nSPS) is 9.89. The van der Waals surface area contributed by atoms with E-state index >= 15 is 0 Å². The van der Waals surface area contributed by atoms with Gasteiger partial charge in [0.05, 0.1) is 18.0 Å². The summed E-state index contributed by atoms with van der Waals surface area (Å²) in [7, 11) is 1.93. The van der Waals surface area contributed by atoms with Gasteiger partial charge in [0.15, 0.2) is 0 Å². The maximum atomic E-state index is 3.37. The molecule has 0 bridgehead atoms. The lowest BCUT2D eigenvalue weighted by molar-refractivity contribution is 1.20. The van der Waals surface area contributed by atoms with Gasteiger partial charge in [-0.05, 0) is 30.7 Å². The molecular formula is C15H19N3. The van der Waals surface area contributed by atoms with Crippen LogP contribution in [0.4, 0.5) is 17.1 Å². The van der Waals surface area contributed by atoms with Crippen LogP contribution in [0.1, 0.15) is 5.56 Å². The zero-order chi connectivity index (χ0) is 12.8. The molecule has 0 spiro atoms. The van der Waals surface area contributed by atoms with Crippen molar-refractivity contribution in [2.45, 2.75) is 6.92 Å². The highest BCUT2D eigenvalue weighted by Gasteiger charge is 1.98. The first-order valence-electron chi connectivity index (χ1n) is 6.11. The summed E-state index contributed by atoms with van der Waals surface area (Å²) in [5.41, 5.74) is 4.61. The lowest BCUT2D eigenvalue weighted by Gasteiger charge is -2.14. The third-order valence-electron chi connectivity index (χ3n) is 2.90. The molecule has 0 atom stereocenters. The Morgan fingerprint density at radius 2 is 1.33 bits per heavy atom. The molecular weight excluding hydrogens is 222 g/mol. The molecule has 0 aliphatic rings. The third kappa shape index (κ3) is 2.94. The minimum Gasteiger partial charge on any atom is -0.386 e. The van der Waals surface area contributed by atoms with Crippen LogP contribution in [0.25, 0.3) is 0 Å². The number of benzene rings is 2. The van der Waals surface area contributed by atoms with Crippen molar-refractivity contribution in [1.82, 2.24) is 0 Å². The van der Waals surface area contributed by atoms with Crippen LogP contribution in [0, 0.1) is 6.92 Å². The molecule has 0 unspecified atom stereocenters. The van der Waals surface area contributed by atoms with E-state index in [1.165, 1.54) is 5.56 Å². The van der Waals surface area contributed by atoms with Crippen molar-refractivity contribution in [2.24, 2.45) is 0 Å². The summed E-state index contributed by atoms with van der Waals surface area (Å²) in [6.45, 7) is 2.80. The molecule has 18 heavy (non-hydrogen) atoms. The van der Waals surface area contributed by atoms with Crippen LogP contribution in [0.15, 0.2) is 48.5 Å². The van der Waals surface area contributed by atoms with E-state index in [4.69, 9.17) is 0 Å². The zero-order valence-electron chi connectivity index (χ0n) is 10.8. The second-order valence-electron chi connectivity index (χ2n) is 4.14. The van der Waals surface area contributed by atoms with E-state index in [-0.39, 0.29) is 0 Å². The molecule has 0 aliphatic heterocycles. The van der Waals surface area contributed by atoms with Crippen LogP contribution in [0.3, 0.4) is 0 Å². The predicted octanol–water partition coefficient (Wildman–Crippen LogP) is 3.52. The van der Waals surface area contributed by atoms with Gasteiger partial charge in [-0.15, -0.1) is 0 Å². The van der Waals surface area contributed by atoms with E-state index in [9.17, 15) is 0 Å². The third-order valence-corrected chi connectivity index (χ3v) is 2.90. The molecule has 0 amide bonds. The Bertz CT molecular complexity index is 509. The Balaban J connectivity index is 1.95. The lowest BCUT2D eigenvalue weighted by Crippen LogP contribution is -2.13. The summed E-state index contributed by atoms with van der Waals surface area (Å²) < 4.78 is 0. The Kier molecular flexibility index (Phi) is 4.07. The molecule has 0 aromatic heterocycles. The fourth-order valence-corrected chi connectivity index (χ4v) is 1.86. The minimum atomic E-state index is 0.698. The first-order valence-corrected chi connectivity index (χ1v) is 6.11. The van der Waals surface area contributed by atoms with Gasteiger partial charge in [0, 0.05) is 12.7 Å². The Morgan fingerprint density at radius 3 is 2.00 bits per heavy atom. The number of para-hydroxylation sites is 3. The van der Waals surface area contributed by atoms with Crippen molar-refractivity contribution >= 4 is 17.1 Å².